The maximum absolute atomic E-state index is 11.2. The van der Waals surface area contributed by atoms with Gasteiger partial charge in [-0.3, -0.25) is 4.79 Å². The van der Waals surface area contributed by atoms with Crippen molar-refractivity contribution in [1.82, 2.24) is 0 Å². The Labute approximate surface area is 124 Å². The summed E-state index contributed by atoms with van der Waals surface area (Å²) in [6.45, 7) is 3.95. The molecular weight excluding hydrogens is 252 g/mol. The van der Waals surface area contributed by atoms with Crippen LogP contribution in [0.4, 0.5) is 0 Å². The lowest BCUT2D eigenvalue weighted by atomic mass is 9.82. The quantitative estimate of drug-likeness (QED) is 0.452. The third-order valence-electron chi connectivity index (χ3n) is 4.26. The Hall–Kier alpha value is -0.570. The molecular formula is C17H34O3. The molecule has 3 heteroatoms. The molecule has 120 valence electrons. The fraction of sp³-hybridized carbons (Fsp3) is 0.941. The van der Waals surface area contributed by atoms with E-state index in [4.69, 9.17) is 5.11 Å². The topological polar surface area (TPSA) is 57.5 Å². The van der Waals surface area contributed by atoms with Gasteiger partial charge in [0.1, 0.15) is 0 Å². The summed E-state index contributed by atoms with van der Waals surface area (Å²) in [6, 6.07) is 0. The highest BCUT2D eigenvalue weighted by atomic mass is 16.4. The van der Waals surface area contributed by atoms with Crippen LogP contribution in [0.3, 0.4) is 0 Å². The van der Waals surface area contributed by atoms with Gasteiger partial charge < -0.3 is 10.2 Å². The molecule has 0 saturated carbocycles. The Kier molecular flexibility index (Phi) is 11.8. The summed E-state index contributed by atoms with van der Waals surface area (Å²) < 4.78 is 0. The molecule has 0 aliphatic rings. The number of carboxylic acid groups (broad SMARTS) is 1. The smallest absolute Gasteiger partial charge is 0.309 e. The van der Waals surface area contributed by atoms with E-state index in [1.54, 1.807) is 6.92 Å². The number of rotatable bonds is 14. The van der Waals surface area contributed by atoms with Crippen molar-refractivity contribution in [2.75, 3.05) is 6.61 Å². The number of unbranched alkanes of at least 4 members (excludes halogenated alkanes) is 9. The monoisotopic (exact) mass is 286 g/mol. The van der Waals surface area contributed by atoms with Gasteiger partial charge in [0, 0.05) is 6.61 Å². The van der Waals surface area contributed by atoms with Gasteiger partial charge in [0.25, 0.3) is 0 Å². The molecule has 2 N–H and O–H groups in total. The van der Waals surface area contributed by atoms with Crippen molar-refractivity contribution in [2.24, 2.45) is 5.41 Å². The van der Waals surface area contributed by atoms with Gasteiger partial charge in [-0.15, -0.1) is 0 Å². The minimum atomic E-state index is -0.775. The van der Waals surface area contributed by atoms with Crippen LogP contribution >= 0.6 is 0 Å². The lowest BCUT2D eigenvalue weighted by molar-refractivity contribution is -0.149. The van der Waals surface area contributed by atoms with Crippen molar-refractivity contribution >= 4 is 5.97 Å². The number of aliphatic hydroxyl groups excluding tert-OH is 1. The number of hydrogen-bond donors (Lipinski definition) is 2. The highest BCUT2D eigenvalue weighted by molar-refractivity contribution is 5.74. The van der Waals surface area contributed by atoms with E-state index in [9.17, 15) is 9.90 Å². The van der Waals surface area contributed by atoms with Crippen LogP contribution in [-0.2, 0) is 4.79 Å². The van der Waals surface area contributed by atoms with Crippen LogP contribution in [0.25, 0.3) is 0 Å². The van der Waals surface area contributed by atoms with Crippen molar-refractivity contribution < 1.29 is 15.0 Å². The Morgan fingerprint density at radius 3 is 1.70 bits per heavy atom. The second-order valence-corrected chi connectivity index (χ2v) is 6.27. The molecule has 0 aliphatic carbocycles. The zero-order valence-corrected chi connectivity index (χ0v) is 13.5. The van der Waals surface area contributed by atoms with E-state index in [0.29, 0.717) is 12.8 Å². The SMILES string of the molecule is CCCCCCCCCCCCC(C)(CCO)C(=O)O. The third-order valence-corrected chi connectivity index (χ3v) is 4.26. The maximum atomic E-state index is 11.2. The summed E-state index contributed by atoms with van der Waals surface area (Å²) in [4.78, 5) is 11.2. The summed E-state index contributed by atoms with van der Waals surface area (Å²) in [5, 5.41) is 18.1. The summed E-state index contributed by atoms with van der Waals surface area (Å²) >= 11 is 0. The molecule has 0 aromatic rings. The van der Waals surface area contributed by atoms with Crippen LogP contribution < -0.4 is 0 Å². The molecule has 0 aromatic heterocycles. The predicted molar refractivity (Wildman–Crippen MR) is 83.9 cm³/mol. The molecule has 0 rings (SSSR count). The van der Waals surface area contributed by atoms with Crippen LogP contribution in [-0.4, -0.2) is 22.8 Å². The zero-order valence-electron chi connectivity index (χ0n) is 13.5. The number of hydrogen-bond acceptors (Lipinski definition) is 2. The number of carboxylic acids is 1. The van der Waals surface area contributed by atoms with Crippen LogP contribution in [0.15, 0.2) is 0 Å². The molecule has 0 aliphatic heterocycles. The van der Waals surface area contributed by atoms with Gasteiger partial charge in [-0.25, -0.2) is 0 Å². The molecule has 0 amide bonds. The number of aliphatic hydroxyl groups is 1. The van der Waals surface area contributed by atoms with Gasteiger partial charge in [0.15, 0.2) is 0 Å². The van der Waals surface area contributed by atoms with Gasteiger partial charge in [0.05, 0.1) is 5.41 Å². The number of aliphatic carboxylic acids is 1. The van der Waals surface area contributed by atoms with E-state index in [1.165, 1.54) is 51.4 Å². The summed E-state index contributed by atoms with van der Waals surface area (Å²) in [7, 11) is 0. The lowest BCUT2D eigenvalue weighted by Crippen LogP contribution is -2.28. The molecule has 0 radical (unpaired) electrons. The van der Waals surface area contributed by atoms with Crippen molar-refractivity contribution in [1.29, 1.82) is 0 Å². The van der Waals surface area contributed by atoms with E-state index >= 15 is 0 Å². The van der Waals surface area contributed by atoms with E-state index < -0.39 is 11.4 Å². The lowest BCUT2D eigenvalue weighted by Gasteiger charge is -2.23. The van der Waals surface area contributed by atoms with Crippen molar-refractivity contribution in [2.45, 2.75) is 90.9 Å². The molecule has 20 heavy (non-hydrogen) atoms. The van der Waals surface area contributed by atoms with Crippen molar-refractivity contribution in [3.8, 4) is 0 Å². The summed E-state index contributed by atoms with van der Waals surface area (Å²) in [6.07, 6.45) is 13.7. The second-order valence-electron chi connectivity index (χ2n) is 6.27. The average molecular weight is 286 g/mol. The van der Waals surface area contributed by atoms with E-state index in [0.717, 1.165) is 12.8 Å². The molecule has 0 bridgehead atoms. The van der Waals surface area contributed by atoms with E-state index in [-0.39, 0.29) is 6.61 Å². The predicted octanol–water partition coefficient (Wildman–Crippen LogP) is 4.77. The van der Waals surface area contributed by atoms with Crippen LogP contribution in [0, 0.1) is 5.41 Å². The zero-order chi connectivity index (χ0) is 15.3. The first-order valence-electron chi connectivity index (χ1n) is 8.41. The molecule has 0 saturated heterocycles. The molecule has 0 fully saturated rings. The Balaban J connectivity index is 3.48. The largest absolute Gasteiger partial charge is 0.481 e. The third kappa shape index (κ3) is 9.35. The van der Waals surface area contributed by atoms with E-state index in [1.807, 2.05) is 0 Å². The van der Waals surface area contributed by atoms with Crippen molar-refractivity contribution in [3.63, 3.8) is 0 Å². The van der Waals surface area contributed by atoms with Gasteiger partial charge in [-0.05, 0) is 19.8 Å². The Bertz CT molecular complexity index is 240. The molecule has 0 heterocycles. The van der Waals surface area contributed by atoms with E-state index in [2.05, 4.69) is 6.92 Å². The van der Waals surface area contributed by atoms with Crippen LogP contribution in [0.2, 0.25) is 0 Å². The minimum absolute atomic E-state index is 0.0411. The van der Waals surface area contributed by atoms with Gasteiger partial charge in [0.2, 0.25) is 0 Å². The standard InChI is InChI=1S/C17H34O3/c1-3-4-5-6-7-8-9-10-11-12-13-17(2,14-15-18)16(19)20/h18H,3-15H2,1-2H3,(H,19,20). The molecule has 1 atom stereocenters. The fourth-order valence-corrected chi connectivity index (χ4v) is 2.59. The first kappa shape index (κ1) is 19.4. The molecule has 3 nitrogen and oxygen atoms in total. The number of carbonyl (C=O) groups is 1. The van der Waals surface area contributed by atoms with Crippen LogP contribution in [0.5, 0.6) is 0 Å². The van der Waals surface area contributed by atoms with Crippen LogP contribution in [0.1, 0.15) is 90.9 Å². The van der Waals surface area contributed by atoms with Gasteiger partial charge >= 0.3 is 5.97 Å². The maximum Gasteiger partial charge on any atom is 0.309 e. The highest BCUT2D eigenvalue weighted by Crippen LogP contribution is 2.29. The molecule has 0 aromatic carbocycles. The van der Waals surface area contributed by atoms with Gasteiger partial charge in [-0.1, -0.05) is 71.1 Å². The summed E-state index contributed by atoms with van der Waals surface area (Å²) in [5.41, 5.74) is -0.741. The molecule has 1 unspecified atom stereocenters. The molecule has 0 spiro atoms. The van der Waals surface area contributed by atoms with Crippen molar-refractivity contribution in [3.05, 3.63) is 0 Å². The second kappa shape index (κ2) is 12.2. The summed E-state index contributed by atoms with van der Waals surface area (Å²) in [5.74, 6) is -0.775. The Morgan fingerprint density at radius 2 is 1.30 bits per heavy atom. The fourth-order valence-electron chi connectivity index (χ4n) is 2.59. The first-order valence-corrected chi connectivity index (χ1v) is 8.41. The average Bonchev–Trinajstić information content (AvgIpc) is 2.41. The normalized spacial score (nSPS) is 14.2. The highest BCUT2D eigenvalue weighted by Gasteiger charge is 2.31. The van der Waals surface area contributed by atoms with Gasteiger partial charge in [-0.2, -0.15) is 0 Å². The Morgan fingerprint density at radius 1 is 0.850 bits per heavy atom. The minimum Gasteiger partial charge on any atom is -0.481 e. The first-order chi connectivity index (χ1) is 9.56.